The first-order valence-electron chi connectivity index (χ1n) is 5.06. The van der Waals surface area contributed by atoms with Crippen LogP contribution in [0, 0.1) is 0 Å². The Labute approximate surface area is 105 Å². The molecule has 0 aliphatic carbocycles. The molecule has 1 atom stereocenters. The molecule has 0 aliphatic rings. The Bertz CT molecular complexity index is 362. The molecular formula is C11H14Cl2N2O. The van der Waals surface area contributed by atoms with E-state index >= 15 is 0 Å². The molecule has 0 radical (unpaired) electrons. The summed E-state index contributed by atoms with van der Waals surface area (Å²) in [5.41, 5.74) is 6.10. The zero-order valence-corrected chi connectivity index (χ0v) is 10.5. The van der Waals surface area contributed by atoms with Crippen molar-refractivity contribution in [1.82, 2.24) is 0 Å². The van der Waals surface area contributed by atoms with E-state index in [1.165, 1.54) is 0 Å². The molecule has 5 heteroatoms. The van der Waals surface area contributed by atoms with E-state index in [1.807, 2.05) is 6.92 Å². The Morgan fingerprint density at radius 3 is 2.50 bits per heavy atom. The molecule has 88 valence electrons. The number of para-hydroxylation sites is 1. The number of carbonyl (C=O) groups excluding carboxylic acids is 1. The van der Waals surface area contributed by atoms with Gasteiger partial charge in [-0.25, -0.2) is 0 Å². The van der Waals surface area contributed by atoms with E-state index in [0.29, 0.717) is 22.2 Å². The third-order valence-corrected chi connectivity index (χ3v) is 2.78. The number of nitrogens with two attached hydrogens (primary N) is 1. The number of hydrogen-bond donors (Lipinski definition) is 2. The minimum Gasteiger partial charge on any atom is -0.322 e. The summed E-state index contributed by atoms with van der Waals surface area (Å²) in [6.07, 6.45) is 1.48. The zero-order valence-electron chi connectivity index (χ0n) is 8.97. The van der Waals surface area contributed by atoms with Crippen molar-refractivity contribution in [3.05, 3.63) is 28.2 Å². The van der Waals surface area contributed by atoms with E-state index < -0.39 is 6.04 Å². The van der Waals surface area contributed by atoms with Crippen LogP contribution in [0.1, 0.15) is 19.8 Å². The van der Waals surface area contributed by atoms with E-state index in [4.69, 9.17) is 28.9 Å². The number of benzene rings is 1. The van der Waals surface area contributed by atoms with Crippen LogP contribution in [-0.2, 0) is 4.79 Å². The summed E-state index contributed by atoms with van der Waals surface area (Å²) in [5, 5.41) is 3.45. The van der Waals surface area contributed by atoms with Crippen LogP contribution in [0.5, 0.6) is 0 Å². The Morgan fingerprint density at radius 1 is 1.44 bits per heavy atom. The van der Waals surface area contributed by atoms with Crippen LogP contribution in [-0.4, -0.2) is 11.9 Å². The van der Waals surface area contributed by atoms with E-state index in [0.717, 1.165) is 6.42 Å². The topological polar surface area (TPSA) is 55.1 Å². The van der Waals surface area contributed by atoms with Crippen molar-refractivity contribution in [3.63, 3.8) is 0 Å². The normalized spacial score (nSPS) is 12.2. The third-order valence-electron chi connectivity index (χ3n) is 2.15. The molecule has 1 amide bonds. The minimum atomic E-state index is -0.530. The fourth-order valence-electron chi connectivity index (χ4n) is 1.28. The van der Waals surface area contributed by atoms with Gasteiger partial charge < -0.3 is 11.1 Å². The number of anilines is 1. The lowest BCUT2D eigenvalue weighted by Crippen LogP contribution is -2.35. The monoisotopic (exact) mass is 260 g/mol. The van der Waals surface area contributed by atoms with Gasteiger partial charge in [0.2, 0.25) is 5.91 Å². The van der Waals surface area contributed by atoms with E-state index in [-0.39, 0.29) is 5.91 Å². The van der Waals surface area contributed by atoms with Gasteiger partial charge in [-0.2, -0.15) is 0 Å². The summed E-state index contributed by atoms with van der Waals surface area (Å²) >= 11 is 11.8. The Hall–Kier alpha value is -0.770. The highest BCUT2D eigenvalue weighted by Gasteiger charge is 2.15. The standard InChI is InChI=1S/C11H14Cl2N2O/c1-2-4-9(14)11(16)15-10-7(12)5-3-6-8(10)13/h3,5-6,9H,2,4,14H2,1H3,(H,15,16)/t9-/m1/s1. The highest BCUT2D eigenvalue weighted by atomic mass is 35.5. The van der Waals surface area contributed by atoms with Gasteiger partial charge in [0.1, 0.15) is 0 Å². The van der Waals surface area contributed by atoms with Gasteiger partial charge in [-0.15, -0.1) is 0 Å². The van der Waals surface area contributed by atoms with Crippen LogP contribution in [0.4, 0.5) is 5.69 Å². The second kappa shape index (κ2) is 6.09. The van der Waals surface area contributed by atoms with Gasteiger partial charge in [-0.05, 0) is 18.6 Å². The summed E-state index contributed by atoms with van der Waals surface area (Å²) in [4.78, 5) is 11.7. The number of carbonyl (C=O) groups is 1. The molecule has 3 nitrogen and oxygen atoms in total. The van der Waals surface area contributed by atoms with Crippen molar-refractivity contribution in [2.75, 3.05) is 5.32 Å². The molecule has 0 heterocycles. The van der Waals surface area contributed by atoms with Gasteiger partial charge in [-0.3, -0.25) is 4.79 Å². The second-order valence-electron chi connectivity index (χ2n) is 3.48. The number of halogens is 2. The molecular weight excluding hydrogens is 247 g/mol. The molecule has 0 aromatic heterocycles. The predicted molar refractivity (Wildman–Crippen MR) is 68.0 cm³/mol. The molecule has 0 bridgehead atoms. The highest BCUT2D eigenvalue weighted by molar-refractivity contribution is 6.39. The minimum absolute atomic E-state index is 0.267. The van der Waals surface area contributed by atoms with Crippen molar-refractivity contribution in [2.45, 2.75) is 25.8 Å². The molecule has 0 aliphatic heterocycles. The summed E-state index contributed by atoms with van der Waals surface area (Å²) in [6.45, 7) is 1.97. The number of amides is 1. The largest absolute Gasteiger partial charge is 0.322 e. The van der Waals surface area contributed by atoms with Crippen molar-refractivity contribution in [2.24, 2.45) is 5.73 Å². The van der Waals surface area contributed by atoms with Crippen molar-refractivity contribution in [3.8, 4) is 0 Å². The van der Waals surface area contributed by atoms with E-state index in [2.05, 4.69) is 5.32 Å². The Balaban J connectivity index is 2.77. The first-order valence-corrected chi connectivity index (χ1v) is 5.82. The predicted octanol–water partition coefficient (Wildman–Crippen LogP) is 3.06. The van der Waals surface area contributed by atoms with Crippen LogP contribution < -0.4 is 11.1 Å². The Morgan fingerprint density at radius 2 is 2.00 bits per heavy atom. The quantitative estimate of drug-likeness (QED) is 0.875. The maximum atomic E-state index is 11.7. The summed E-state index contributed by atoms with van der Waals surface area (Å²) in [6, 6.07) is 4.51. The molecule has 0 saturated carbocycles. The lowest BCUT2D eigenvalue weighted by Gasteiger charge is -2.13. The first-order chi connectivity index (χ1) is 7.56. The molecule has 1 aromatic carbocycles. The molecule has 1 rings (SSSR count). The van der Waals surface area contributed by atoms with Crippen LogP contribution in [0.2, 0.25) is 10.0 Å². The second-order valence-corrected chi connectivity index (χ2v) is 4.30. The molecule has 0 fully saturated rings. The van der Waals surface area contributed by atoms with Gasteiger partial charge in [0, 0.05) is 0 Å². The maximum absolute atomic E-state index is 11.7. The molecule has 0 saturated heterocycles. The van der Waals surface area contributed by atoms with Gasteiger partial charge in [0.25, 0.3) is 0 Å². The van der Waals surface area contributed by atoms with Crippen molar-refractivity contribution in [1.29, 1.82) is 0 Å². The fraction of sp³-hybridized carbons (Fsp3) is 0.364. The van der Waals surface area contributed by atoms with Gasteiger partial charge in [-0.1, -0.05) is 42.6 Å². The van der Waals surface area contributed by atoms with Crippen LogP contribution in [0.15, 0.2) is 18.2 Å². The summed E-state index contributed by atoms with van der Waals surface area (Å²) in [5.74, 6) is -0.267. The summed E-state index contributed by atoms with van der Waals surface area (Å²) in [7, 11) is 0. The van der Waals surface area contributed by atoms with Crippen molar-refractivity contribution < 1.29 is 4.79 Å². The SMILES string of the molecule is CCC[C@@H](N)C(=O)Nc1c(Cl)cccc1Cl. The zero-order chi connectivity index (χ0) is 12.1. The lowest BCUT2D eigenvalue weighted by atomic mass is 10.1. The van der Waals surface area contributed by atoms with Gasteiger partial charge >= 0.3 is 0 Å². The first kappa shape index (κ1) is 13.3. The molecule has 0 unspecified atom stereocenters. The van der Waals surface area contributed by atoms with Gasteiger partial charge in [0.15, 0.2) is 0 Å². The fourth-order valence-corrected chi connectivity index (χ4v) is 1.77. The molecule has 1 aromatic rings. The number of rotatable bonds is 4. The van der Waals surface area contributed by atoms with Crippen LogP contribution in [0.25, 0.3) is 0 Å². The van der Waals surface area contributed by atoms with E-state index in [1.54, 1.807) is 18.2 Å². The maximum Gasteiger partial charge on any atom is 0.241 e. The molecule has 0 spiro atoms. The molecule has 3 N–H and O–H groups in total. The summed E-state index contributed by atoms with van der Waals surface area (Å²) < 4.78 is 0. The average Bonchev–Trinajstić information content (AvgIpc) is 2.23. The van der Waals surface area contributed by atoms with Crippen molar-refractivity contribution >= 4 is 34.8 Å². The van der Waals surface area contributed by atoms with E-state index in [9.17, 15) is 4.79 Å². The van der Waals surface area contributed by atoms with Gasteiger partial charge in [0.05, 0.1) is 21.8 Å². The number of hydrogen-bond acceptors (Lipinski definition) is 2. The third kappa shape index (κ3) is 3.37. The lowest BCUT2D eigenvalue weighted by molar-refractivity contribution is -0.117. The van der Waals surface area contributed by atoms with Crippen LogP contribution >= 0.6 is 23.2 Å². The highest BCUT2D eigenvalue weighted by Crippen LogP contribution is 2.29. The number of nitrogens with one attached hydrogen (secondary N) is 1. The Kier molecular flexibility index (Phi) is 5.06. The smallest absolute Gasteiger partial charge is 0.241 e. The average molecular weight is 261 g/mol. The molecule has 16 heavy (non-hydrogen) atoms. The van der Waals surface area contributed by atoms with Crippen LogP contribution in [0.3, 0.4) is 0 Å².